The summed E-state index contributed by atoms with van der Waals surface area (Å²) in [5.41, 5.74) is 0. The predicted octanol–water partition coefficient (Wildman–Crippen LogP) is -1.32. The molecule has 0 aromatic rings. The van der Waals surface area contributed by atoms with Gasteiger partial charge < -0.3 is 10.6 Å². The van der Waals surface area contributed by atoms with Crippen LogP contribution in [0.15, 0.2) is 0 Å². The number of carbonyl (C=O) groups excluding carboxylic acids is 2. The molecule has 52 valence electrons. The fourth-order valence-corrected chi connectivity index (χ4v) is 0.538. The lowest BCUT2D eigenvalue weighted by atomic mass is 10.6. The molecular formula is C4H9N2O2P. The van der Waals surface area contributed by atoms with Crippen molar-refractivity contribution in [2.75, 3.05) is 12.8 Å². The molecule has 0 aromatic heterocycles. The van der Waals surface area contributed by atoms with Gasteiger partial charge in [0.2, 0.25) is 12.3 Å². The maximum absolute atomic E-state index is 10.5. The van der Waals surface area contributed by atoms with Crippen LogP contribution in [-0.2, 0) is 9.59 Å². The molecule has 0 rings (SSSR count). The van der Waals surface area contributed by atoms with Gasteiger partial charge in [-0.05, 0) is 0 Å². The molecule has 9 heavy (non-hydrogen) atoms. The number of hydrogen-bond donors (Lipinski definition) is 2. The molecule has 0 aliphatic carbocycles. The molecule has 0 aliphatic heterocycles. The largest absolute Gasteiger partial charge is 0.351 e. The summed E-state index contributed by atoms with van der Waals surface area (Å²) in [7, 11) is 2.34. The third-order valence-corrected chi connectivity index (χ3v) is 0.849. The van der Waals surface area contributed by atoms with Crippen molar-refractivity contribution in [3.63, 3.8) is 0 Å². The van der Waals surface area contributed by atoms with Crippen LogP contribution in [0.2, 0.25) is 0 Å². The Hall–Kier alpha value is -0.630. The van der Waals surface area contributed by atoms with E-state index < -0.39 is 0 Å². The molecule has 5 heteroatoms. The van der Waals surface area contributed by atoms with Gasteiger partial charge >= 0.3 is 0 Å². The van der Waals surface area contributed by atoms with E-state index in [1.807, 2.05) is 0 Å². The van der Waals surface area contributed by atoms with Crippen LogP contribution in [0.25, 0.3) is 0 Å². The molecule has 1 unspecified atom stereocenters. The van der Waals surface area contributed by atoms with E-state index in [0.29, 0.717) is 12.7 Å². The second-order valence-electron chi connectivity index (χ2n) is 1.30. The molecule has 2 amide bonds. The summed E-state index contributed by atoms with van der Waals surface area (Å²) < 4.78 is 0. The van der Waals surface area contributed by atoms with Gasteiger partial charge in [-0.1, -0.05) is 0 Å². The van der Waals surface area contributed by atoms with E-state index in [4.69, 9.17) is 0 Å². The van der Waals surface area contributed by atoms with E-state index in [1.54, 1.807) is 0 Å². The SMILES string of the molecule is O=CNCC(=O)NCP. The maximum atomic E-state index is 10.5. The molecule has 0 saturated carbocycles. The Morgan fingerprint density at radius 2 is 2.33 bits per heavy atom. The van der Waals surface area contributed by atoms with Crippen molar-refractivity contribution in [1.82, 2.24) is 10.6 Å². The molecule has 0 heterocycles. The van der Waals surface area contributed by atoms with Crippen LogP contribution in [0.1, 0.15) is 0 Å². The molecule has 0 radical (unpaired) electrons. The lowest BCUT2D eigenvalue weighted by Crippen LogP contribution is -2.32. The standard InChI is InChI=1S/C4H9N2O2P/c7-2-5-1-4(8)6-3-9/h2H,1,3,9H2,(H,5,7)(H,6,8). The van der Waals surface area contributed by atoms with Crippen LogP contribution in [-0.4, -0.2) is 25.1 Å². The normalized spacial score (nSPS) is 8.11. The maximum Gasteiger partial charge on any atom is 0.239 e. The van der Waals surface area contributed by atoms with Crippen LogP contribution < -0.4 is 10.6 Å². The zero-order valence-corrected chi connectivity index (χ0v) is 6.04. The summed E-state index contributed by atoms with van der Waals surface area (Å²) >= 11 is 0. The minimum atomic E-state index is -0.183. The van der Waals surface area contributed by atoms with Crippen molar-refractivity contribution >= 4 is 21.6 Å². The summed E-state index contributed by atoms with van der Waals surface area (Å²) in [6, 6.07) is 0. The highest BCUT2D eigenvalue weighted by Gasteiger charge is 1.93. The summed E-state index contributed by atoms with van der Waals surface area (Å²) in [5.74, 6) is -0.183. The summed E-state index contributed by atoms with van der Waals surface area (Å²) in [6.45, 7) is 0.0535. The quantitative estimate of drug-likeness (QED) is 0.384. The second-order valence-corrected chi connectivity index (χ2v) is 1.71. The summed E-state index contributed by atoms with van der Waals surface area (Å²) in [5, 5.41) is 4.71. The van der Waals surface area contributed by atoms with Gasteiger partial charge in [-0.25, -0.2) is 0 Å². The first kappa shape index (κ1) is 8.37. The molecule has 2 N–H and O–H groups in total. The van der Waals surface area contributed by atoms with Gasteiger partial charge in [-0.2, -0.15) is 0 Å². The lowest BCUT2D eigenvalue weighted by Gasteiger charge is -1.97. The number of hydrogen-bond acceptors (Lipinski definition) is 2. The van der Waals surface area contributed by atoms with Gasteiger partial charge in [0.1, 0.15) is 0 Å². The van der Waals surface area contributed by atoms with E-state index in [1.165, 1.54) is 0 Å². The second kappa shape index (κ2) is 5.51. The highest BCUT2D eigenvalue weighted by atomic mass is 31.0. The topological polar surface area (TPSA) is 58.2 Å². The zero-order chi connectivity index (χ0) is 7.11. The van der Waals surface area contributed by atoms with E-state index in [9.17, 15) is 9.59 Å². The monoisotopic (exact) mass is 148 g/mol. The summed E-state index contributed by atoms with van der Waals surface area (Å²) in [4.78, 5) is 20.1. The molecule has 0 spiro atoms. The Labute approximate surface area is 55.6 Å². The van der Waals surface area contributed by atoms with Crippen LogP contribution in [0.3, 0.4) is 0 Å². The van der Waals surface area contributed by atoms with E-state index in [-0.39, 0.29) is 12.5 Å². The van der Waals surface area contributed by atoms with Crippen molar-refractivity contribution < 1.29 is 9.59 Å². The lowest BCUT2D eigenvalue weighted by molar-refractivity contribution is -0.121. The first-order valence-electron chi connectivity index (χ1n) is 2.45. The van der Waals surface area contributed by atoms with Gasteiger partial charge in [0, 0.05) is 6.29 Å². The van der Waals surface area contributed by atoms with Crippen molar-refractivity contribution in [2.45, 2.75) is 0 Å². The molecule has 0 bridgehead atoms. The molecule has 0 aliphatic rings. The van der Waals surface area contributed by atoms with Crippen molar-refractivity contribution in [2.24, 2.45) is 0 Å². The van der Waals surface area contributed by atoms with Gasteiger partial charge in [0.05, 0.1) is 6.54 Å². The highest BCUT2D eigenvalue weighted by Crippen LogP contribution is 1.71. The Bertz CT molecular complexity index is 107. The molecule has 1 atom stereocenters. The third kappa shape index (κ3) is 5.24. The van der Waals surface area contributed by atoms with Crippen molar-refractivity contribution in [3.05, 3.63) is 0 Å². The fourth-order valence-electron chi connectivity index (χ4n) is 0.311. The Kier molecular flexibility index (Phi) is 5.12. The Morgan fingerprint density at radius 3 is 2.78 bits per heavy atom. The molecule has 0 aromatic carbocycles. The van der Waals surface area contributed by atoms with Crippen LogP contribution in [0.4, 0.5) is 0 Å². The number of carbonyl (C=O) groups is 2. The first-order valence-corrected chi connectivity index (χ1v) is 3.26. The smallest absolute Gasteiger partial charge is 0.239 e. The van der Waals surface area contributed by atoms with Crippen molar-refractivity contribution in [1.29, 1.82) is 0 Å². The summed E-state index contributed by atoms with van der Waals surface area (Å²) in [6.07, 6.45) is 1.00. The predicted molar refractivity (Wildman–Crippen MR) is 36.8 cm³/mol. The minimum absolute atomic E-state index is 0.0535. The highest BCUT2D eigenvalue weighted by molar-refractivity contribution is 7.16. The number of rotatable bonds is 4. The van der Waals surface area contributed by atoms with E-state index >= 15 is 0 Å². The van der Waals surface area contributed by atoms with Gasteiger partial charge in [0.15, 0.2) is 0 Å². The minimum Gasteiger partial charge on any atom is -0.351 e. The zero-order valence-electron chi connectivity index (χ0n) is 4.89. The van der Waals surface area contributed by atoms with Crippen LogP contribution >= 0.6 is 9.24 Å². The van der Waals surface area contributed by atoms with E-state index in [0.717, 1.165) is 0 Å². The number of amides is 2. The Morgan fingerprint density at radius 1 is 1.67 bits per heavy atom. The third-order valence-electron chi connectivity index (χ3n) is 0.645. The molecule has 0 fully saturated rings. The van der Waals surface area contributed by atoms with Crippen molar-refractivity contribution in [3.8, 4) is 0 Å². The van der Waals surface area contributed by atoms with Gasteiger partial charge in [-0.15, -0.1) is 9.24 Å². The Balaban J connectivity index is 3.16. The molecule has 0 saturated heterocycles. The molecule has 4 nitrogen and oxygen atoms in total. The average Bonchev–Trinajstić information content (AvgIpc) is 1.85. The van der Waals surface area contributed by atoms with Gasteiger partial charge in [0.25, 0.3) is 0 Å². The molecular weight excluding hydrogens is 139 g/mol. The first-order chi connectivity index (χ1) is 4.31. The van der Waals surface area contributed by atoms with Gasteiger partial charge in [-0.3, -0.25) is 9.59 Å². The van der Waals surface area contributed by atoms with Crippen LogP contribution in [0, 0.1) is 0 Å². The average molecular weight is 148 g/mol. The van der Waals surface area contributed by atoms with E-state index in [2.05, 4.69) is 19.9 Å². The number of nitrogens with one attached hydrogen (secondary N) is 2. The van der Waals surface area contributed by atoms with Crippen LogP contribution in [0.5, 0.6) is 0 Å². The fraction of sp³-hybridized carbons (Fsp3) is 0.500.